The molecular formula is C21H24ClFN2O2S. The zero-order chi connectivity index (χ0) is 20.1. The van der Waals surface area contributed by atoms with Crippen molar-refractivity contribution in [3.8, 4) is 0 Å². The third-order valence-corrected chi connectivity index (χ3v) is 6.55. The van der Waals surface area contributed by atoms with Gasteiger partial charge >= 0.3 is 0 Å². The number of hydrogen-bond donors (Lipinski definition) is 2. The molecule has 0 aliphatic heterocycles. The van der Waals surface area contributed by atoms with Crippen LogP contribution in [0.2, 0.25) is 5.02 Å². The van der Waals surface area contributed by atoms with E-state index in [1.54, 1.807) is 6.07 Å². The van der Waals surface area contributed by atoms with Crippen LogP contribution in [0, 0.1) is 18.7 Å². The Bertz CT molecular complexity index is 862. The fourth-order valence-corrected chi connectivity index (χ4v) is 4.83. The van der Waals surface area contributed by atoms with E-state index < -0.39 is 11.7 Å². The molecule has 0 spiro atoms. The number of nitrogens with one attached hydrogen (secondary N) is 2. The number of amides is 2. The lowest BCUT2D eigenvalue weighted by atomic mass is 10.0. The molecule has 2 N–H and O–H groups in total. The van der Waals surface area contributed by atoms with Crippen LogP contribution in [-0.4, -0.2) is 18.4 Å². The molecule has 7 heteroatoms. The number of rotatable bonds is 7. The van der Waals surface area contributed by atoms with Crippen LogP contribution in [0.4, 0.5) is 9.39 Å². The number of halogens is 2. The molecule has 1 aliphatic rings. The quantitative estimate of drug-likeness (QED) is 0.554. The van der Waals surface area contributed by atoms with Crippen LogP contribution in [0.1, 0.15) is 64.1 Å². The van der Waals surface area contributed by atoms with Crippen molar-refractivity contribution < 1.29 is 14.0 Å². The molecule has 1 saturated carbocycles. The van der Waals surface area contributed by atoms with Crippen molar-refractivity contribution in [3.63, 3.8) is 0 Å². The number of thiophene rings is 1. The molecule has 3 rings (SSSR count). The minimum absolute atomic E-state index is 0.0472. The summed E-state index contributed by atoms with van der Waals surface area (Å²) in [7, 11) is 0. The maximum absolute atomic E-state index is 13.1. The van der Waals surface area contributed by atoms with E-state index in [-0.39, 0.29) is 16.5 Å². The second-order valence-corrected chi connectivity index (χ2v) is 8.71. The van der Waals surface area contributed by atoms with Crippen LogP contribution in [0.5, 0.6) is 0 Å². The molecule has 150 valence electrons. The normalized spacial score (nSPS) is 14.2. The fourth-order valence-electron chi connectivity index (χ4n) is 3.59. The van der Waals surface area contributed by atoms with Gasteiger partial charge in [0.2, 0.25) is 0 Å². The van der Waals surface area contributed by atoms with E-state index in [9.17, 15) is 14.0 Å². The Morgan fingerprint density at radius 2 is 1.96 bits per heavy atom. The van der Waals surface area contributed by atoms with Gasteiger partial charge in [-0.3, -0.25) is 9.59 Å². The zero-order valence-electron chi connectivity index (χ0n) is 15.8. The maximum Gasteiger partial charge on any atom is 0.261 e. The molecule has 1 heterocycles. The van der Waals surface area contributed by atoms with Crippen LogP contribution < -0.4 is 10.6 Å². The summed E-state index contributed by atoms with van der Waals surface area (Å²) < 4.78 is 13.1. The highest BCUT2D eigenvalue weighted by Crippen LogP contribution is 2.29. The van der Waals surface area contributed by atoms with Crippen molar-refractivity contribution in [2.45, 2.75) is 45.4 Å². The summed E-state index contributed by atoms with van der Waals surface area (Å²) in [5.41, 5.74) is 0.992. The smallest absolute Gasteiger partial charge is 0.261 e. The van der Waals surface area contributed by atoms with Gasteiger partial charge in [0.25, 0.3) is 11.8 Å². The molecule has 1 aliphatic carbocycles. The van der Waals surface area contributed by atoms with Gasteiger partial charge in [-0.2, -0.15) is 0 Å². The molecule has 1 aromatic carbocycles. The molecule has 2 aromatic rings. The van der Waals surface area contributed by atoms with Crippen LogP contribution >= 0.6 is 22.9 Å². The average Bonchev–Trinajstić information content (AvgIpc) is 3.28. The lowest BCUT2D eigenvalue weighted by Crippen LogP contribution is -2.24. The van der Waals surface area contributed by atoms with Crippen LogP contribution in [0.3, 0.4) is 0 Å². The number of carbonyl (C=O) groups is 2. The third-order valence-electron chi connectivity index (χ3n) is 5.09. The van der Waals surface area contributed by atoms with E-state index in [2.05, 4.69) is 10.6 Å². The first-order valence-electron chi connectivity index (χ1n) is 9.59. The van der Waals surface area contributed by atoms with Crippen LogP contribution in [0.15, 0.2) is 24.3 Å². The maximum atomic E-state index is 13.1. The van der Waals surface area contributed by atoms with Gasteiger partial charge in [0.15, 0.2) is 0 Å². The zero-order valence-corrected chi connectivity index (χ0v) is 17.4. The number of hydrogen-bond acceptors (Lipinski definition) is 3. The third kappa shape index (κ3) is 5.32. The molecule has 28 heavy (non-hydrogen) atoms. The summed E-state index contributed by atoms with van der Waals surface area (Å²) in [4.78, 5) is 25.4. The molecule has 0 saturated heterocycles. The average molecular weight is 423 g/mol. The molecule has 0 unspecified atom stereocenters. The first kappa shape index (κ1) is 20.8. The summed E-state index contributed by atoms with van der Waals surface area (Å²) in [5.74, 6) is -0.232. The van der Waals surface area contributed by atoms with Crippen molar-refractivity contribution >= 4 is 39.8 Å². The molecule has 0 atom stereocenters. The monoisotopic (exact) mass is 422 g/mol. The predicted octanol–water partition coefficient (Wildman–Crippen LogP) is 5.80. The van der Waals surface area contributed by atoms with Crippen molar-refractivity contribution in [2.75, 3.05) is 11.9 Å². The number of benzene rings is 1. The van der Waals surface area contributed by atoms with E-state index in [0.717, 1.165) is 24.0 Å². The fraction of sp³-hybridized carbons (Fsp3) is 0.429. The van der Waals surface area contributed by atoms with Gasteiger partial charge in [0, 0.05) is 6.54 Å². The van der Waals surface area contributed by atoms with E-state index in [1.165, 1.54) is 55.6 Å². The summed E-state index contributed by atoms with van der Waals surface area (Å²) in [6.07, 6.45) is 7.47. The second-order valence-electron chi connectivity index (χ2n) is 7.25. The summed E-state index contributed by atoms with van der Waals surface area (Å²) in [5, 5.41) is 6.31. The molecule has 0 radical (unpaired) electrons. The number of aryl methyl sites for hydroxylation is 1. The summed E-state index contributed by atoms with van der Waals surface area (Å²) in [6, 6.07) is 5.38. The minimum atomic E-state index is -0.500. The van der Waals surface area contributed by atoms with Gasteiger partial charge in [0.05, 0.1) is 20.5 Å². The van der Waals surface area contributed by atoms with Crippen molar-refractivity contribution in [1.82, 2.24) is 5.32 Å². The van der Waals surface area contributed by atoms with Gasteiger partial charge in [-0.05, 0) is 55.5 Å². The Kier molecular flexibility index (Phi) is 7.08. The first-order valence-corrected chi connectivity index (χ1v) is 10.8. The number of carbonyl (C=O) groups excluding carboxylic acids is 2. The summed E-state index contributed by atoms with van der Waals surface area (Å²) >= 11 is 7.16. The van der Waals surface area contributed by atoms with E-state index >= 15 is 0 Å². The summed E-state index contributed by atoms with van der Waals surface area (Å²) in [6.45, 7) is 2.50. The van der Waals surface area contributed by atoms with E-state index in [1.807, 2.05) is 6.92 Å². The lowest BCUT2D eigenvalue weighted by Gasteiger charge is -2.09. The second kappa shape index (κ2) is 9.52. The highest BCUT2D eigenvalue weighted by atomic mass is 35.5. The van der Waals surface area contributed by atoms with E-state index in [0.29, 0.717) is 16.4 Å². The Labute approximate surface area is 173 Å². The highest BCUT2D eigenvalue weighted by Gasteiger charge is 2.18. The molecular weight excluding hydrogens is 399 g/mol. The van der Waals surface area contributed by atoms with Crippen molar-refractivity contribution in [3.05, 3.63) is 51.1 Å². The van der Waals surface area contributed by atoms with E-state index in [4.69, 9.17) is 11.6 Å². The Morgan fingerprint density at radius 3 is 2.68 bits per heavy atom. The Morgan fingerprint density at radius 1 is 1.21 bits per heavy atom. The van der Waals surface area contributed by atoms with Gasteiger partial charge < -0.3 is 10.6 Å². The minimum Gasteiger partial charge on any atom is -0.351 e. The lowest BCUT2D eigenvalue weighted by molar-refractivity contribution is 0.0955. The molecule has 1 fully saturated rings. The van der Waals surface area contributed by atoms with Gasteiger partial charge in [0.1, 0.15) is 5.82 Å². The molecule has 0 bridgehead atoms. The Balaban J connectivity index is 1.54. The van der Waals surface area contributed by atoms with Gasteiger partial charge in [-0.1, -0.05) is 37.3 Å². The standard InChI is InChI=1S/C21H24ClFN2O2S/c1-13-11-18(25-20(26)16-9-8-15(23)12-17(16)22)28-19(13)21(27)24-10-4-7-14-5-2-3-6-14/h8-9,11-12,14H,2-7,10H2,1H3,(H,24,27)(H,25,26). The largest absolute Gasteiger partial charge is 0.351 e. The number of anilines is 1. The highest BCUT2D eigenvalue weighted by molar-refractivity contribution is 7.18. The van der Waals surface area contributed by atoms with Crippen LogP contribution in [-0.2, 0) is 0 Å². The molecule has 4 nitrogen and oxygen atoms in total. The Hall–Kier alpha value is -1.92. The molecule has 2 amide bonds. The predicted molar refractivity (Wildman–Crippen MR) is 112 cm³/mol. The van der Waals surface area contributed by atoms with Crippen LogP contribution in [0.25, 0.3) is 0 Å². The van der Waals surface area contributed by atoms with Crippen molar-refractivity contribution in [1.29, 1.82) is 0 Å². The van der Waals surface area contributed by atoms with Crippen molar-refractivity contribution in [2.24, 2.45) is 5.92 Å². The molecule has 1 aromatic heterocycles. The van der Waals surface area contributed by atoms with Gasteiger partial charge in [-0.15, -0.1) is 11.3 Å². The topological polar surface area (TPSA) is 58.2 Å². The first-order chi connectivity index (χ1) is 13.4. The van der Waals surface area contributed by atoms with Gasteiger partial charge in [-0.25, -0.2) is 4.39 Å². The SMILES string of the molecule is Cc1cc(NC(=O)c2ccc(F)cc2Cl)sc1C(=O)NCCCC1CCCC1.